The van der Waals surface area contributed by atoms with Gasteiger partial charge in [-0.15, -0.1) is 0 Å². The number of nitrogens with zero attached hydrogens (tertiary/aromatic N) is 2. The van der Waals surface area contributed by atoms with Gasteiger partial charge in [0.1, 0.15) is 0 Å². The Labute approximate surface area is 364 Å². The van der Waals surface area contributed by atoms with Gasteiger partial charge in [-0.2, -0.15) is 0 Å². The predicted molar refractivity (Wildman–Crippen MR) is 270 cm³/mol. The van der Waals surface area contributed by atoms with Crippen LogP contribution in [0.5, 0.6) is 0 Å². The highest BCUT2D eigenvalue weighted by Crippen LogP contribution is 2.57. The number of aryl methyl sites for hydroxylation is 6. The van der Waals surface area contributed by atoms with E-state index in [1.807, 2.05) is 0 Å². The van der Waals surface area contributed by atoms with Crippen molar-refractivity contribution in [2.75, 3.05) is 9.80 Å². The largest absolute Gasteiger partial charge is 0.307 e. The summed E-state index contributed by atoms with van der Waals surface area (Å²) in [4.78, 5) is 5.38. The van der Waals surface area contributed by atoms with Crippen LogP contribution in [0.3, 0.4) is 0 Å². The Morgan fingerprint density at radius 3 is 0.984 bits per heavy atom. The maximum atomic E-state index is 2.69. The van der Waals surface area contributed by atoms with E-state index in [1.54, 1.807) is 0 Å². The van der Waals surface area contributed by atoms with Crippen LogP contribution in [0, 0.1) is 41.5 Å². The van der Waals surface area contributed by atoms with Gasteiger partial charge < -0.3 is 9.80 Å². The number of hydrogen-bond donors (Lipinski definition) is 0. The summed E-state index contributed by atoms with van der Waals surface area (Å²) < 4.78 is 0. The molecule has 0 atom stereocenters. The SMILES string of the molecule is Cc1cc(C)c(B2c3cc4ccccc4cc3N3c4cc5ccccc5c5c4N(c4cc6ccccc6cc4B5c4c(C)cc(C)cc4C)c4cc5ccccc5c2c43)c(C)c1. The Morgan fingerprint density at radius 2 is 0.613 bits per heavy atom. The van der Waals surface area contributed by atoms with Crippen LogP contribution < -0.4 is 42.6 Å². The first kappa shape index (κ1) is 35.7. The predicted octanol–water partition coefficient (Wildman–Crippen LogP) is 11.1. The molecule has 0 spiro atoms. The molecule has 10 aromatic carbocycles. The second-order valence-corrected chi connectivity index (χ2v) is 18.4. The van der Waals surface area contributed by atoms with Crippen molar-refractivity contribution in [3.8, 4) is 0 Å². The van der Waals surface area contributed by atoms with E-state index in [4.69, 9.17) is 0 Å². The highest BCUT2D eigenvalue weighted by atomic mass is 15.3. The van der Waals surface area contributed by atoms with Gasteiger partial charge in [0.25, 0.3) is 0 Å². The van der Waals surface area contributed by atoms with Gasteiger partial charge in [0.15, 0.2) is 0 Å². The number of hydrogen-bond acceptors (Lipinski definition) is 2. The molecule has 3 aliphatic rings. The van der Waals surface area contributed by atoms with Gasteiger partial charge in [-0.3, -0.25) is 0 Å². The molecule has 0 saturated carbocycles. The second-order valence-electron chi connectivity index (χ2n) is 18.4. The summed E-state index contributed by atoms with van der Waals surface area (Å²) in [5.74, 6) is 0. The molecule has 0 fully saturated rings. The van der Waals surface area contributed by atoms with Crippen LogP contribution in [0.25, 0.3) is 43.1 Å². The first-order valence-corrected chi connectivity index (χ1v) is 22.2. The first-order chi connectivity index (χ1) is 30.2. The molecule has 0 aliphatic carbocycles. The lowest BCUT2D eigenvalue weighted by Crippen LogP contribution is -2.62. The Bertz CT molecular complexity index is 3350. The van der Waals surface area contributed by atoms with Gasteiger partial charge in [-0.05, 0) is 131 Å². The average Bonchev–Trinajstić information content (AvgIpc) is 3.26. The monoisotopic (exact) mass is 790 g/mol. The Morgan fingerprint density at radius 1 is 0.306 bits per heavy atom. The first-order valence-electron chi connectivity index (χ1n) is 22.2. The molecule has 3 heterocycles. The molecule has 10 aromatic rings. The third kappa shape index (κ3) is 4.78. The Kier molecular flexibility index (Phi) is 7.34. The fourth-order valence-corrected chi connectivity index (χ4v) is 12.4. The molecule has 4 heteroatoms. The Balaban J connectivity index is 1.26. The molecule has 0 amide bonds. The molecule has 0 bridgehead atoms. The van der Waals surface area contributed by atoms with Crippen molar-refractivity contribution in [3.05, 3.63) is 191 Å². The summed E-state index contributed by atoms with van der Waals surface area (Å²) >= 11 is 0. The molecule has 0 unspecified atom stereocenters. The molecule has 0 aromatic heterocycles. The van der Waals surface area contributed by atoms with Crippen LogP contribution in [0.2, 0.25) is 0 Å². The molecule has 62 heavy (non-hydrogen) atoms. The average molecular weight is 791 g/mol. The van der Waals surface area contributed by atoms with Gasteiger partial charge in [0.2, 0.25) is 13.4 Å². The summed E-state index contributed by atoms with van der Waals surface area (Å²) in [6.07, 6.45) is 0. The quantitative estimate of drug-likeness (QED) is 0.161. The molecule has 0 saturated heterocycles. The molecule has 2 nitrogen and oxygen atoms in total. The van der Waals surface area contributed by atoms with E-state index in [-0.39, 0.29) is 13.4 Å². The fourth-order valence-electron chi connectivity index (χ4n) is 12.4. The second kappa shape index (κ2) is 12.8. The minimum absolute atomic E-state index is 0.0132. The minimum atomic E-state index is 0.0132. The lowest BCUT2D eigenvalue weighted by Gasteiger charge is -2.50. The molecular weight excluding hydrogens is 746 g/mol. The maximum absolute atomic E-state index is 2.69. The van der Waals surface area contributed by atoms with Crippen LogP contribution in [0.4, 0.5) is 34.1 Å². The van der Waals surface area contributed by atoms with Crippen LogP contribution in [-0.2, 0) is 0 Å². The third-order valence-electron chi connectivity index (χ3n) is 14.5. The van der Waals surface area contributed by atoms with E-state index in [9.17, 15) is 0 Å². The number of rotatable bonds is 2. The summed E-state index contributed by atoms with van der Waals surface area (Å²) in [6.45, 7) is 13.8. The van der Waals surface area contributed by atoms with Gasteiger partial charge in [-0.1, -0.05) is 178 Å². The van der Waals surface area contributed by atoms with Crippen LogP contribution in [-0.4, -0.2) is 13.4 Å². The van der Waals surface area contributed by atoms with E-state index in [1.165, 1.54) is 143 Å². The lowest BCUT2D eigenvalue weighted by atomic mass is 9.32. The van der Waals surface area contributed by atoms with Crippen molar-refractivity contribution in [1.82, 2.24) is 0 Å². The van der Waals surface area contributed by atoms with Gasteiger partial charge in [0.05, 0.1) is 22.7 Å². The van der Waals surface area contributed by atoms with Crippen LogP contribution >= 0.6 is 0 Å². The van der Waals surface area contributed by atoms with Crippen molar-refractivity contribution in [3.63, 3.8) is 0 Å². The summed E-state index contributed by atoms with van der Waals surface area (Å²) in [6, 6.07) is 60.8. The number of fused-ring (bicyclic) bond motifs is 12. The molecule has 0 radical (unpaired) electrons. The maximum Gasteiger partial charge on any atom is 0.248 e. The van der Waals surface area contributed by atoms with Crippen molar-refractivity contribution in [2.45, 2.75) is 41.5 Å². The smallest absolute Gasteiger partial charge is 0.248 e. The van der Waals surface area contributed by atoms with Gasteiger partial charge in [-0.25, -0.2) is 0 Å². The third-order valence-corrected chi connectivity index (χ3v) is 14.5. The Hall–Kier alpha value is -7.03. The molecule has 292 valence electrons. The fraction of sp³-hybridized carbons (Fsp3) is 0.103. The summed E-state index contributed by atoms with van der Waals surface area (Å²) in [5.41, 5.74) is 23.8. The summed E-state index contributed by atoms with van der Waals surface area (Å²) in [7, 11) is 0. The van der Waals surface area contributed by atoms with E-state index >= 15 is 0 Å². The van der Waals surface area contributed by atoms with Crippen molar-refractivity contribution >= 4 is 123 Å². The van der Waals surface area contributed by atoms with E-state index < -0.39 is 0 Å². The standard InChI is InChI=1S/C58H44B2N2/c1-33-23-35(3)53(36(4)24-33)59-47-27-39-15-7-9-17-41(39)29-49(47)61-52-32-44-20-12-14-22-46(44)56-58(52)62(51-31-43-19-11-13-21-45(43)55(59)57(51)61)50-30-42-18-10-8-16-40(42)28-48(50)60(56)54-37(5)25-34(2)26-38(54)6/h7-32H,1-6H3. The van der Waals surface area contributed by atoms with Gasteiger partial charge in [0, 0.05) is 11.4 Å². The number of benzene rings is 10. The normalized spacial score (nSPS) is 13.5. The minimum Gasteiger partial charge on any atom is -0.307 e. The number of anilines is 6. The van der Waals surface area contributed by atoms with Crippen molar-refractivity contribution in [1.29, 1.82) is 0 Å². The van der Waals surface area contributed by atoms with E-state index in [2.05, 4.69) is 209 Å². The highest BCUT2D eigenvalue weighted by molar-refractivity contribution is 7.01. The molecule has 0 N–H and O–H groups in total. The van der Waals surface area contributed by atoms with E-state index in [0.717, 1.165) is 0 Å². The van der Waals surface area contributed by atoms with Gasteiger partial charge >= 0.3 is 0 Å². The summed E-state index contributed by atoms with van der Waals surface area (Å²) in [5, 5.41) is 10.2. The van der Waals surface area contributed by atoms with Crippen molar-refractivity contribution in [2.24, 2.45) is 0 Å². The zero-order chi connectivity index (χ0) is 41.7. The molecule has 3 aliphatic heterocycles. The highest BCUT2D eigenvalue weighted by Gasteiger charge is 2.48. The van der Waals surface area contributed by atoms with Crippen LogP contribution in [0.1, 0.15) is 33.4 Å². The van der Waals surface area contributed by atoms with E-state index in [0.29, 0.717) is 0 Å². The lowest BCUT2D eigenvalue weighted by molar-refractivity contribution is 1.19. The molecule has 13 rings (SSSR count). The van der Waals surface area contributed by atoms with Crippen LogP contribution in [0.15, 0.2) is 158 Å². The van der Waals surface area contributed by atoms with Crippen molar-refractivity contribution < 1.29 is 0 Å². The molecular formula is C58H44B2N2. The zero-order valence-electron chi connectivity index (χ0n) is 36.1. The topological polar surface area (TPSA) is 6.48 Å². The zero-order valence-corrected chi connectivity index (χ0v) is 36.1.